The van der Waals surface area contributed by atoms with Gasteiger partial charge in [0.25, 0.3) is 0 Å². The first-order valence-electron chi connectivity index (χ1n) is 11.3. The van der Waals surface area contributed by atoms with Crippen molar-refractivity contribution in [2.75, 3.05) is 44.1 Å². The molecule has 3 rings (SSSR count). The molecule has 0 aromatic carbocycles. The molecule has 12 heteroatoms. The number of anilines is 2. The highest BCUT2D eigenvalue weighted by Gasteiger charge is 2.34. The van der Waals surface area contributed by atoms with Crippen LogP contribution in [0, 0.1) is 23.6 Å². The minimum absolute atomic E-state index is 0.0768. The van der Waals surface area contributed by atoms with Crippen molar-refractivity contribution in [2.24, 2.45) is 17.8 Å². The number of aromatic nitrogens is 2. The molecule has 10 nitrogen and oxygen atoms in total. The van der Waals surface area contributed by atoms with Crippen molar-refractivity contribution < 1.29 is 19.2 Å². The lowest BCUT2D eigenvalue weighted by Gasteiger charge is -2.24. The Morgan fingerprint density at radius 3 is 2.64 bits per heavy atom. The Labute approximate surface area is 198 Å². The smallest absolute Gasteiger partial charge is 0.243 e. The van der Waals surface area contributed by atoms with E-state index < -0.39 is 17.6 Å². The van der Waals surface area contributed by atoms with Crippen LogP contribution in [-0.4, -0.2) is 77.2 Å². The van der Waals surface area contributed by atoms with Gasteiger partial charge >= 0.3 is 0 Å². The third-order valence-corrected chi connectivity index (χ3v) is 6.81. The Balaban J connectivity index is 1.70. The van der Waals surface area contributed by atoms with Crippen molar-refractivity contribution in [1.29, 1.82) is 0 Å². The summed E-state index contributed by atoms with van der Waals surface area (Å²) in [6.07, 6.45) is 5.00. The number of hydrogen-bond acceptors (Lipinski definition) is 8. The van der Waals surface area contributed by atoms with Crippen LogP contribution in [0.4, 0.5) is 16.0 Å². The van der Waals surface area contributed by atoms with Crippen molar-refractivity contribution in [2.45, 2.75) is 45.1 Å². The number of amides is 2. The number of halogens is 2. The lowest BCUT2D eigenvalue weighted by molar-refractivity contribution is -0.154. The quantitative estimate of drug-likeness (QED) is 0.200. The monoisotopic (exact) mass is 485 g/mol. The molecular formula is C21H33ClFN7O3. The van der Waals surface area contributed by atoms with Crippen molar-refractivity contribution in [1.82, 2.24) is 25.4 Å². The van der Waals surface area contributed by atoms with E-state index in [-0.39, 0.29) is 35.9 Å². The van der Waals surface area contributed by atoms with Gasteiger partial charge in [0, 0.05) is 19.1 Å². The van der Waals surface area contributed by atoms with E-state index in [4.69, 9.17) is 11.6 Å². The van der Waals surface area contributed by atoms with E-state index in [0.717, 1.165) is 25.7 Å². The fraction of sp³-hybridized carbons (Fsp3) is 0.714. The first kappa shape index (κ1) is 25.4. The van der Waals surface area contributed by atoms with Crippen molar-refractivity contribution in [3.05, 3.63) is 11.1 Å². The molecule has 2 aliphatic rings. The summed E-state index contributed by atoms with van der Waals surface area (Å²) < 4.78 is 15.3. The van der Waals surface area contributed by atoms with Gasteiger partial charge in [-0.1, -0.05) is 32.6 Å². The summed E-state index contributed by atoms with van der Waals surface area (Å²) in [6, 6.07) is 0.241. The molecule has 3 atom stereocenters. The molecule has 0 unspecified atom stereocenters. The van der Waals surface area contributed by atoms with Crippen molar-refractivity contribution in [3.8, 4) is 0 Å². The molecule has 2 amide bonds. The van der Waals surface area contributed by atoms with Crippen LogP contribution in [0.1, 0.15) is 39.0 Å². The van der Waals surface area contributed by atoms with Gasteiger partial charge in [-0.2, -0.15) is 14.4 Å². The predicted octanol–water partition coefficient (Wildman–Crippen LogP) is 2.14. The van der Waals surface area contributed by atoms with Crippen LogP contribution in [0.3, 0.4) is 0 Å². The Bertz CT molecular complexity index is 840. The average molecular weight is 486 g/mol. The van der Waals surface area contributed by atoms with E-state index in [0.29, 0.717) is 36.4 Å². The first-order valence-corrected chi connectivity index (χ1v) is 11.7. The molecule has 1 aliphatic heterocycles. The molecule has 0 spiro atoms. The van der Waals surface area contributed by atoms with Crippen LogP contribution in [0.15, 0.2) is 0 Å². The van der Waals surface area contributed by atoms with Gasteiger partial charge in [0.2, 0.25) is 23.4 Å². The topological polar surface area (TPSA) is 114 Å². The summed E-state index contributed by atoms with van der Waals surface area (Å²) in [5.74, 6) is -1.35. The van der Waals surface area contributed by atoms with Gasteiger partial charge in [-0.05, 0) is 44.0 Å². The molecule has 1 saturated heterocycles. The number of hydrogen-bond donors (Lipinski definition) is 3. The Kier molecular flexibility index (Phi) is 8.66. The Morgan fingerprint density at radius 1 is 1.33 bits per heavy atom. The number of hydroxylamine groups is 2. The zero-order chi connectivity index (χ0) is 24.1. The normalized spacial score (nSPS) is 22.0. The third kappa shape index (κ3) is 6.42. The lowest BCUT2D eigenvalue weighted by atomic mass is 9.92. The van der Waals surface area contributed by atoms with Crippen LogP contribution < -0.4 is 15.8 Å². The zero-order valence-electron chi connectivity index (χ0n) is 19.3. The summed E-state index contributed by atoms with van der Waals surface area (Å²) in [5, 5.41) is 9.92. The average Bonchev–Trinajstić information content (AvgIpc) is 3.42. The van der Waals surface area contributed by atoms with Crippen LogP contribution in [0.25, 0.3) is 0 Å². The van der Waals surface area contributed by atoms with Crippen molar-refractivity contribution in [3.63, 3.8) is 0 Å². The van der Waals surface area contributed by atoms with Gasteiger partial charge in [-0.15, -0.1) is 0 Å². The summed E-state index contributed by atoms with van der Waals surface area (Å²) >= 11 is 6.06. The lowest BCUT2D eigenvalue weighted by Crippen LogP contribution is -2.41. The molecule has 1 aromatic rings. The number of carbonyl (C=O) groups excluding carboxylic acids is 2. The van der Waals surface area contributed by atoms with Gasteiger partial charge in [0.05, 0.1) is 12.5 Å². The summed E-state index contributed by atoms with van der Waals surface area (Å²) in [7, 11) is 3.97. The minimum Gasteiger partial charge on any atom is -0.352 e. The van der Waals surface area contributed by atoms with Gasteiger partial charge < -0.3 is 9.80 Å². The van der Waals surface area contributed by atoms with Crippen molar-refractivity contribution >= 4 is 35.6 Å². The van der Waals surface area contributed by atoms with E-state index in [1.807, 2.05) is 19.0 Å². The molecule has 184 valence electrons. The number of rotatable bonds is 10. The predicted molar refractivity (Wildman–Crippen MR) is 122 cm³/mol. The SMILES string of the molecule is C[C@H]1CN(c2nc(Cl)nc(NNC(=O)[C@H](CC3CCCC3)CN(O)C=O)c2F)C[C@@H]1N(C)C. The largest absolute Gasteiger partial charge is 0.352 e. The molecule has 3 N–H and O–H groups in total. The van der Waals surface area contributed by atoms with E-state index >= 15 is 4.39 Å². The molecule has 33 heavy (non-hydrogen) atoms. The van der Waals surface area contributed by atoms with E-state index in [9.17, 15) is 14.8 Å². The zero-order valence-corrected chi connectivity index (χ0v) is 20.1. The standard InChI is InChI=1S/C21H33ClFN7O3/c1-13-9-29(11-16(13)28(2)3)19-17(23)18(24-21(22)25-19)26-27-20(32)15(10-30(33)12-31)8-14-6-4-5-7-14/h12-16,33H,4-11H2,1-3H3,(H,27,32)(H,24,25,26)/t13-,15+,16-/m0/s1. The van der Waals surface area contributed by atoms with Gasteiger partial charge in [-0.25, -0.2) is 5.06 Å². The number of nitrogens with one attached hydrogen (secondary N) is 2. The highest BCUT2D eigenvalue weighted by molar-refractivity contribution is 6.28. The molecule has 1 aromatic heterocycles. The molecule has 1 saturated carbocycles. The fourth-order valence-corrected chi connectivity index (χ4v) is 5.07. The molecule has 1 aliphatic carbocycles. The number of hydrazine groups is 1. The first-order chi connectivity index (χ1) is 15.7. The summed E-state index contributed by atoms with van der Waals surface area (Å²) in [6.45, 7) is 3.15. The summed E-state index contributed by atoms with van der Waals surface area (Å²) in [5.41, 5.74) is 4.99. The fourth-order valence-electron chi connectivity index (χ4n) is 4.90. The maximum Gasteiger partial charge on any atom is 0.243 e. The molecule has 2 fully saturated rings. The van der Waals surface area contributed by atoms with Gasteiger partial charge in [0.15, 0.2) is 11.6 Å². The summed E-state index contributed by atoms with van der Waals surface area (Å²) in [4.78, 5) is 35.6. The second-order valence-electron chi connectivity index (χ2n) is 9.32. The maximum absolute atomic E-state index is 15.3. The van der Waals surface area contributed by atoms with Crippen LogP contribution in [-0.2, 0) is 9.59 Å². The highest BCUT2D eigenvalue weighted by atomic mass is 35.5. The second kappa shape index (κ2) is 11.3. The maximum atomic E-state index is 15.3. The van der Waals surface area contributed by atoms with Gasteiger partial charge in [0.1, 0.15) is 0 Å². The molecule has 0 bridgehead atoms. The van der Waals surface area contributed by atoms with E-state index in [1.54, 1.807) is 0 Å². The third-order valence-electron chi connectivity index (χ3n) is 6.64. The van der Waals surface area contributed by atoms with Crippen LogP contribution in [0.2, 0.25) is 5.28 Å². The van der Waals surface area contributed by atoms with Crippen LogP contribution in [0.5, 0.6) is 0 Å². The Morgan fingerprint density at radius 2 is 2.03 bits per heavy atom. The second-order valence-corrected chi connectivity index (χ2v) is 9.65. The van der Waals surface area contributed by atoms with E-state index in [1.165, 1.54) is 0 Å². The van der Waals surface area contributed by atoms with E-state index in [2.05, 4.69) is 32.6 Å². The number of likely N-dealkylation sites (N-methyl/N-ethyl adjacent to an activating group) is 1. The molecule has 0 radical (unpaired) electrons. The van der Waals surface area contributed by atoms with Crippen LogP contribution >= 0.6 is 11.6 Å². The Hall–Kier alpha value is -2.24. The number of carbonyl (C=O) groups is 2. The van der Waals surface area contributed by atoms with Gasteiger partial charge in [-0.3, -0.25) is 25.6 Å². The number of nitrogens with zero attached hydrogens (tertiary/aromatic N) is 5. The minimum atomic E-state index is -0.713. The molecular weight excluding hydrogens is 453 g/mol. The molecule has 2 heterocycles. The highest BCUT2D eigenvalue weighted by Crippen LogP contribution is 2.32.